The van der Waals surface area contributed by atoms with Crippen molar-refractivity contribution in [3.8, 4) is 0 Å². The molecule has 1 aliphatic heterocycles. The summed E-state index contributed by atoms with van der Waals surface area (Å²) in [6, 6.07) is 8.68. The van der Waals surface area contributed by atoms with Crippen molar-refractivity contribution in [3.63, 3.8) is 0 Å². The molecular weight excluding hydrogens is 382 g/mol. The molecule has 1 saturated carbocycles. The van der Waals surface area contributed by atoms with Crippen LogP contribution in [0.1, 0.15) is 62.1 Å². The van der Waals surface area contributed by atoms with E-state index in [1.165, 1.54) is 43.4 Å². The molecule has 0 amide bonds. The van der Waals surface area contributed by atoms with Crippen LogP contribution in [-0.4, -0.2) is 51.9 Å². The zero-order chi connectivity index (χ0) is 20.1. The predicted octanol–water partition coefficient (Wildman–Crippen LogP) is 4.29. The number of hydrogen-bond donors (Lipinski definition) is 3. The van der Waals surface area contributed by atoms with E-state index in [1.807, 2.05) is 0 Å². The number of likely N-dealkylation sites (tertiary alicyclic amines) is 1. The van der Waals surface area contributed by atoms with E-state index in [4.69, 9.17) is 4.98 Å². The Hall–Kier alpha value is -1.47. The number of rotatable bonds is 7. The van der Waals surface area contributed by atoms with Crippen molar-refractivity contribution in [2.45, 2.75) is 69.4 Å². The van der Waals surface area contributed by atoms with E-state index < -0.39 is 0 Å². The highest BCUT2D eigenvalue weighted by Gasteiger charge is 2.26. The van der Waals surface area contributed by atoms with Crippen LogP contribution in [0, 0.1) is 0 Å². The maximum Gasteiger partial charge on any atom is 0.187 e. The Bertz CT molecular complexity index is 758. The van der Waals surface area contributed by atoms with E-state index in [0.717, 1.165) is 36.8 Å². The highest BCUT2D eigenvalue weighted by molar-refractivity contribution is 7.13. The molecule has 0 unspecified atom stereocenters. The number of aliphatic hydroxyl groups is 2. The number of hydrogen-bond acceptors (Lipinski definition) is 6. The maximum atomic E-state index is 9.79. The quantitative estimate of drug-likeness (QED) is 0.629. The molecule has 6 heteroatoms. The molecule has 1 aromatic heterocycles. The zero-order valence-electron chi connectivity index (χ0n) is 17.1. The maximum absolute atomic E-state index is 9.79. The number of benzene rings is 1. The van der Waals surface area contributed by atoms with Gasteiger partial charge in [-0.1, -0.05) is 31.4 Å². The smallest absolute Gasteiger partial charge is 0.187 e. The van der Waals surface area contributed by atoms with Crippen LogP contribution in [0.15, 0.2) is 29.6 Å². The van der Waals surface area contributed by atoms with Gasteiger partial charge in [-0.3, -0.25) is 4.90 Å². The Morgan fingerprint density at radius 3 is 2.66 bits per heavy atom. The molecule has 2 fully saturated rings. The molecule has 5 nitrogen and oxygen atoms in total. The van der Waals surface area contributed by atoms with Crippen molar-refractivity contribution < 1.29 is 10.2 Å². The third-order valence-electron chi connectivity index (χ3n) is 6.46. The summed E-state index contributed by atoms with van der Waals surface area (Å²) in [5.41, 5.74) is 3.63. The van der Waals surface area contributed by atoms with Gasteiger partial charge in [0.1, 0.15) is 0 Å². The lowest BCUT2D eigenvalue weighted by atomic mass is 9.87. The van der Waals surface area contributed by atoms with Crippen LogP contribution in [0.5, 0.6) is 0 Å². The largest absolute Gasteiger partial charge is 0.395 e. The van der Waals surface area contributed by atoms with Gasteiger partial charge in [0, 0.05) is 36.1 Å². The Balaban J connectivity index is 1.28. The van der Waals surface area contributed by atoms with Crippen LogP contribution in [-0.2, 0) is 6.42 Å². The molecule has 3 N–H and O–H groups in total. The van der Waals surface area contributed by atoms with Gasteiger partial charge >= 0.3 is 0 Å². The fourth-order valence-electron chi connectivity index (χ4n) is 4.64. The lowest BCUT2D eigenvalue weighted by molar-refractivity contribution is 0.0177. The van der Waals surface area contributed by atoms with Gasteiger partial charge in [0.05, 0.1) is 18.4 Å². The summed E-state index contributed by atoms with van der Waals surface area (Å²) in [4.78, 5) is 7.14. The van der Waals surface area contributed by atoms with Gasteiger partial charge in [-0.2, -0.15) is 0 Å². The molecule has 0 bridgehead atoms. The van der Waals surface area contributed by atoms with Crippen molar-refractivity contribution in [3.05, 3.63) is 40.9 Å². The summed E-state index contributed by atoms with van der Waals surface area (Å²) in [5, 5.41) is 26.0. The molecule has 4 rings (SSSR count). The number of aromatic nitrogens is 1. The van der Waals surface area contributed by atoms with Crippen LogP contribution in [0.25, 0.3) is 0 Å². The number of aliphatic hydroxyl groups excluding tert-OH is 2. The molecule has 2 aliphatic rings. The minimum Gasteiger partial charge on any atom is -0.395 e. The molecule has 0 spiro atoms. The first-order valence-electron chi connectivity index (χ1n) is 11.1. The van der Waals surface area contributed by atoms with Crippen LogP contribution < -0.4 is 5.32 Å². The van der Waals surface area contributed by atoms with Gasteiger partial charge in [0.2, 0.25) is 0 Å². The second-order valence-electron chi connectivity index (χ2n) is 8.53. The normalized spacial score (nSPS) is 23.9. The highest BCUT2D eigenvalue weighted by atomic mass is 32.1. The molecule has 2 aromatic rings. The lowest BCUT2D eigenvalue weighted by Crippen LogP contribution is -2.47. The van der Waals surface area contributed by atoms with Crippen molar-refractivity contribution in [2.75, 3.05) is 25.0 Å². The molecule has 1 saturated heterocycles. The topological polar surface area (TPSA) is 68.6 Å². The average Bonchev–Trinajstić information content (AvgIpc) is 3.23. The van der Waals surface area contributed by atoms with Crippen molar-refractivity contribution in [2.24, 2.45) is 0 Å². The van der Waals surface area contributed by atoms with E-state index in [2.05, 4.69) is 39.9 Å². The summed E-state index contributed by atoms with van der Waals surface area (Å²) >= 11 is 1.70. The molecule has 1 aliphatic carbocycles. The summed E-state index contributed by atoms with van der Waals surface area (Å²) in [6.45, 7) is 1.90. The van der Waals surface area contributed by atoms with Crippen LogP contribution in [0.2, 0.25) is 0 Å². The second kappa shape index (κ2) is 10.0. The molecule has 29 heavy (non-hydrogen) atoms. The first kappa shape index (κ1) is 20.8. The minimum atomic E-state index is -0.266. The van der Waals surface area contributed by atoms with Gasteiger partial charge in [-0.25, -0.2) is 4.98 Å². The van der Waals surface area contributed by atoms with E-state index in [0.29, 0.717) is 12.3 Å². The third-order valence-corrected chi connectivity index (χ3v) is 7.24. The van der Waals surface area contributed by atoms with Crippen molar-refractivity contribution in [1.82, 2.24) is 9.88 Å². The summed E-state index contributed by atoms with van der Waals surface area (Å²) < 4.78 is 0. The number of piperidine rings is 1. The fourth-order valence-corrected chi connectivity index (χ4v) is 5.46. The van der Waals surface area contributed by atoms with E-state index in [1.54, 1.807) is 11.3 Å². The van der Waals surface area contributed by atoms with Gasteiger partial charge in [0.25, 0.3) is 0 Å². The lowest BCUT2D eigenvalue weighted by Gasteiger charge is -2.36. The first-order valence-corrected chi connectivity index (χ1v) is 11.9. The van der Waals surface area contributed by atoms with Crippen LogP contribution in [0.3, 0.4) is 0 Å². The Morgan fingerprint density at radius 1 is 1.10 bits per heavy atom. The molecule has 2 heterocycles. The summed E-state index contributed by atoms with van der Waals surface area (Å²) in [7, 11) is 0. The molecule has 158 valence electrons. The van der Waals surface area contributed by atoms with E-state index >= 15 is 0 Å². The van der Waals surface area contributed by atoms with Crippen LogP contribution in [0.4, 0.5) is 10.8 Å². The van der Waals surface area contributed by atoms with Gasteiger partial charge in [0.15, 0.2) is 5.13 Å². The van der Waals surface area contributed by atoms with Gasteiger partial charge in [-0.05, 0) is 49.8 Å². The van der Waals surface area contributed by atoms with Crippen molar-refractivity contribution in [1.29, 1.82) is 0 Å². The first-order chi connectivity index (χ1) is 14.2. The third kappa shape index (κ3) is 5.57. The van der Waals surface area contributed by atoms with Crippen molar-refractivity contribution >= 4 is 22.2 Å². The fraction of sp³-hybridized carbons (Fsp3) is 0.609. The Kier molecular flexibility index (Phi) is 7.19. The molecule has 2 atom stereocenters. The Morgan fingerprint density at radius 2 is 1.90 bits per heavy atom. The number of nitrogens with zero attached hydrogens (tertiary/aromatic N) is 2. The average molecular weight is 416 g/mol. The highest BCUT2D eigenvalue weighted by Crippen LogP contribution is 2.34. The standard InChI is InChI=1S/C23H33N3O2S/c27-15-20-14-21(28)11-13-26(20)12-10-17-6-8-19(9-7-17)24-23-25-22(16-29-23)18-4-2-1-3-5-18/h6-9,16,18,20-21,27-28H,1-5,10-15H2,(H,24,25)/t20-,21+/m1/s1. The second-order valence-corrected chi connectivity index (χ2v) is 9.39. The predicted molar refractivity (Wildman–Crippen MR) is 119 cm³/mol. The van der Waals surface area contributed by atoms with E-state index in [9.17, 15) is 10.2 Å². The molecular formula is C23H33N3O2S. The van der Waals surface area contributed by atoms with E-state index in [-0.39, 0.29) is 18.8 Å². The zero-order valence-corrected chi connectivity index (χ0v) is 17.9. The van der Waals surface area contributed by atoms with Gasteiger partial charge in [-0.15, -0.1) is 11.3 Å². The number of nitrogens with one attached hydrogen (secondary N) is 1. The minimum absolute atomic E-state index is 0.0861. The number of thiazole rings is 1. The monoisotopic (exact) mass is 415 g/mol. The number of anilines is 2. The molecule has 1 aromatic carbocycles. The molecule has 0 radical (unpaired) electrons. The summed E-state index contributed by atoms with van der Waals surface area (Å²) in [6.07, 6.45) is 8.78. The Labute approximate surface area is 177 Å². The SMILES string of the molecule is OC[C@H]1C[C@@H](O)CCN1CCc1ccc(Nc2nc(C3CCCCC3)cs2)cc1. The van der Waals surface area contributed by atoms with Crippen LogP contribution >= 0.6 is 11.3 Å². The van der Waals surface area contributed by atoms with Gasteiger partial charge < -0.3 is 15.5 Å². The summed E-state index contributed by atoms with van der Waals surface area (Å²) in [5.74, 6) is 0.650.